The van der Waals surface area contributed by atoms with E-state index in [9.17, 15) is 0 Å². The Morgan fingerprint density at radius 2 is 2.21 bits per heavy atom. The van der Waals surface area contributed by atoms with Gasteiger partial charge < -0.3 is 10.5 Å². The lowest BCUT2D eigenvalue weighted by molar-refractivity contribution is 0.128. The minimum atomic E-state index is 0.304. The van der Waals surface area contributed by atoms with Crippen molar-refractivity contribution in [1.29, 1.82) is 0 Å². The fraction of sp³-hybridized carbons (Fsp3) is 1.00. The summed E-state index contributed by atoms with van der Waals surface area (Å²) < 4.78 is 5.60. The van der Waals surface area contributed by atoms with E-state index in [2.05, 4.69) is 20.8 Å². The van der Waals surface area contributed by atoms with Gasteiger partial charge in [0.1, 0.15) is 0 Å². The lowest BCUT2D eigenvalue weighted by Crippen LogP contribution is -2.32. The molecule has 0 amide bonds. The first-order valence-electron chi connectivity index (χ1n) is 5.47. The summed E-state index contributed by atoms with van der Waals surface area (Å²) in [6, 6.07) is 0. The van der Waals surface area contributed by atoms with Crippen LogP contribution in [0.3, 0.4) is 0 Å². The quantitative estimate of drug-likeness (QED) is 0.784. The normalized spacial score (nSPS) is 25.3. The van der Waals surface area contributed by atoms with Gasteiger partial charge >= 0.3 is 0 Å². The molecule has 1 saturated heterocycles. The zero-order valence-corrected chi connectivity index (χ0v) is 10.4. The molecule has 1 aliphatic heterocycles. The third-order valence-corrected chi connectivity index (χ3v) is 4.55. The maximum absolute atomic E-state index is 5.78. The van der Waals surface area contributed by atoms with Gasteiger partial charge in [0.15, 0.2) is 0 Å². The molecule has 14 heavy (non-hydrogen) atoms. The molecule has 0 bridgehead atoms. The van der Waals surface area contributed by atoms with Crippen LogP contribution in [0.1, 0.15) is 33.6 Å². The molecule has 1 fully saturated rings. The molecule has 0 aromatic rings. The van der Waals surface area contributed by atoms with Gasteiger partial charge in [-0.05, 0) is 18.3 Å². The molecule has 2 atom stereocenters. The van der Waals surface area contributed by atoms with Gasteiger partial charge in [-0.15, -0.1) is 0 Å². The van der Waals surface area contributed by atoms with E-state index in [1.165, 1.54) is 12.8 Å². The molecule has 3 heteroatoms. The van der Waals surface area contributed by atoms with Crippen molar-refractivity contribution in [2.24, 2.45) is 11.1 Å². The minimum Gasteiger partial charge on any atom is -0.377 e. The van der Waals surface area contributed by atoms with Gasteiger partial charge in [-0.25, -0.2) is 0 Å². The predicted octanol–water partition coefficient (Wildman–Crippen LogP) is 2.27. The van der Waals surface area contributed by atoms with Crippen molar-refractivity contribution in [1.82, 2.24) is 0 Å². The third kappa shape index (κ3) is 3.79. The van der Waals surface area contributed by atoms with Crippen LogP contribution in [0.2, 0.25) is 0 Å². The van der Waals surface area contributed by atoms with Crippen LogP contribution < -0.4 is 5.73 Å². The molecule has 0 radical (unpaired) electrons. The first kappa shape index (κ1) is 12.3. The largest absolute Gasteiger partial charge is 0.377 e. The number of rotatable bonds is 4. The maximum Gasteiger partial charge on any atom is 0.0666 e. The van der Waals surface area contributed by atoms with Gasteiger partial charge in [0.05, 0.1) is 6.10 Å². The Morgan fingerprint density at radius 3 is 2.64 bits per heavy atom. The van der Waals surface area contributed by atoms with E-state index in [0.29, 0.717) is 16.8 Å². The average molecular weight is 217 g/mol. The summed E-state index contributed by atoms with van der Waals surface area (Å²) in [4.78, 5) is 0. The molecule has 1 heterocycles. The highest BCUT2D eigenvalue weighted by Gasteiger charge is 2.25. The fourth-order valence-corrected chi connectivity index (χ4v) is 3.02. The van der Waals surface area contributed by atoms with Gasteiger partial charge in [-0.1, -0.05) is 20.8 Å². The van der Waals surface area contributed by atoms with Gasteiger partial charge in [0.25, 0.3) is 0 Å². The van der Waals surface area contributed by atoms with Crippen molar-refractivity contribution in [2.75, 3.05) is 18.9 Å². The number of ether oxygens (including phenoxy) is 1. The second-order valence-corrected chi connectivity index (χ2v) is 6.29. The molecule has 1 rings (SSSR count). The lowest BCUT2D eigenvalue weighted by atomic mass is 9.92. The summed E-state index contributed by atoms with van der Waals surface area (Å²) in [6.45, 7) is 8.49. The smallest absolute Gasteiger partial charge is 0.0666 e. The second kappa shape index (κ2) is 5.38. The zero-order chi connectivity index (χ0) is 10.6. The van der Waals surface area contributed by atoms with E-state index < -0.39 is 0 Å². The van der Waals surface area contributed by atoms with E-state index in [-0.39, 0.29) is 0 Å². The number of hydrogen-bond donors (Lipinski definition) is 1. The predicted molar refractivity (Wildman–Crippen MR) is 63.7 cm³/mol. The van der Waals surface area contributed by atoms with E-state index in [1.54, 1.807) is 0 Å². The molecule has 0 aromatic heterocycles. The summed E-state index contributed by atoms with van der Waals surface area (Å²) >= 11 is 1.98. The Bertz CT molecular complexity index is 161. The molecular weight excluding hydrogens is 194 g/mol. The number of hydrogen-bond acceptors (Lipinski definition) is 3. The van der Waals surface area contributed by atoms with E-state index >= 15 is 0 Å². The van der Waals surface area contributed by atoms with Crippen molar-refractivity contribution in [3.8, 4) is 0 Å². The molecule has 2 nitrogen and oxygen atoms in total. The molecule has 0 spiro atoms. The second-order valence-electron chi connectivity index (χ2n) is 5.06. The molecule has 0 aliphatic carbocycles. The molecular formula is C11H23NOS. The summed E-state index contributed by atoms with van der Waals surface area (Å²) in [5.74, 6) is 1.11. The van der Waals surface area contributed by atoms with Crippen molar-refractivity contribution >= 4 is 11.8 Å². The lowest BCUT2D eigenvalue weighted by Gasteiger charge is -2.29. The first-order valence-corrected chi connectivity index (χ1v) is 6.52. The van der Waals surface area contributed by atoms with Crippen molar-refractivity contribution in [2.45, 2.75) is 45.0 Å². The molecule has 0 aromatic carbocycles. The highest BCUT2D eigenvalue weighted by atomic mass is 32.2. The Morgan fingerprint density at radius 1 is 1.50 bits per heavy atom. The molecule has 1 aliphatic rings. The number of nitrogens with two attached hydrogens (primary N) is 1. The average Bonchev–Trinajstić information content (AvgIpc) is 2.55. The van der Waals surface area contributed by atoms with Crippen LogP contribution in [-0.2, 0) is 4.74 Å². The van der Waals surface area contributed by atoms with Crippen molar-refractivity contribution in [3.05, 3.63) is 0 Å². The van der Waals surface area contributed by atoms with Gasteiger partial charge in [-0.3, -0.25) is 0 Å². The Kier molecular flexibility index (Phi) is 4.74. The summed E-state index contributed by atoms with van der Waals surface area (Å²) in [6.07, 6.45) is 2.94. The molecule has 2 unspecified atom stereocenters. The summed E-state index contributed by atoms with van der Waals surface area (Å²) in [5, 5.41) is 0.548. The van der Waals surface area contributed by atoms with E-state index in [0.717, 1.165) is 18.9 Å². The highest BCUT2D eigenvalue weighted by molar-refractivity contribution is 8.00. The summed E-state index contributed by atoms with van der Waals surface area (Å²) in [7, 11) is 0. The highest BCUT2D eigenvalue weighted by Crippen LogP contribution is 2.31. The van der Waals surface area contributed by atoms with Gasteiger partial charge in [0, 0.05) is 24.2 Å². The third-order valence-electron chi connectivity index (χ3n) is 2.69. The van der Waals surface area contributed by atoms with Gasteiger partial charge in [-0.2, -0.15) is 11.8 Å². The van der Waals surface area contributed by atoms with E-state index in [1.807, 2.05) is 11.8 Å². The Labute approximate surface area is 92.0 Å². The molecule has 0 saturated carbocycles. The molecule has 2 N–H and O–H groups in total. The molecule has 84 valence electrons. The first-order chi connectivity index (χ1) is 6.54. The van der Waals surface area contributed by atoms with Gasteiger partial charge in [0.2, 0.25) is 0 Å². The fourth-order valence-electron chi connectivity index (χ4n) is 1.67. The zero-order valence-electron chi connectivity index (χ0n) is 9.58. The van der Waals surface area contributed by atoms with Crippen LogP contribution in [0.4, 0.5) is 0 Å². The van der Waals surface area contributed by atoms with E-state index in [4.69, 9.17) is 10.5 Å². The standard InChI is InChI=1S/C11H23NOS/c1-11(2,3)10(7-12)14-8-9-5-4-6-13-9/h9-10H,4-8,12H2,1-3H3. The minimum absolute atomic E-state index is 0.304. The number of thioether (sulfide) groups is 1. The van der Waals surface area contributed by atoms with Crippen LogP contribution >= 0.6 is 11.8 Å². The monoisotopic (exact) mass is 217 g/mol. The van der Waals surface area contributed by atoms with Crippen molar-refractivity contribution in [3.63, 3.8) is 0 Å². The Hall–Kier alpha value is 0.270. The van der Waals surface area contributed by atoms with Crippen LogP contribution in [-0.4, -0.2) is 30.3 Å². The maximum atomic E-state index is 5.78. The topological polar surface area (TPSA) is 35.2 Å². The van der Waals surface area contributed by atoms with Crippen LogP contribution in [0.15, 0.2) is 0 Å². The van der Waals surface area contributed by atoms with Crippen LogP contribution in [0.5, 0.6) is 0 Å². The van der Waals surface area contributed by atoms with Crippen molar-refractivity contribution < 1.29 is 4.74 Å². The van der Waals surface area contributed by atoms with Crippen LogP contribution in [0.25, 0.3) is 0 Å². The Balaban J connectivity index is 2.26. The SMILES string of the molecule is CC(C)(C)C(CN)SCC1CCCO1. The van der Waals surface area contributed by atoms with Crippen LogP contribution in [0, 0.1) is 5.41 Å². The summed E-state index contributed by atoms with van der Waals surface area (Å²) in [5.41, 5.74) is 6.09.